The van der Waals surface area contributed by atoms with E-state index in [1.165, 1.54) is 5.01 Å². The molecular weight excluding hydrogens is 218 g/mol. The molecule has 92 valence electrons. The van der Waals surface area contributed by atoms with Crippen LogP contribution in [-0.4, -0.2) is 23.5 Å². The summed E-state index contributed by atoms with van der Waals surface area (Å²) >= 11 is 0. The largest absolute Gasteiger partial charge is 0.443 e. The van der Waals surface area contributed by atoms with Crippen LogP contribution in [0.5, 0.6) is 0 Å². The lowest BCUT2D eigenvalue weighted by Gasteiger charge is -2.15. The van der Waals surface area contributed by atoms with Crippen molar-refractivity contribution in [3.8, 4) is 0 Å². The first-order valence-corrected chi connectivity index (χ1v) is 5.42. The lowest BCUT2D eigenvalue weighted by molar-refractivity contribution is 0.0991. The topological polar surface area (TPSA) is 67.9 Å². The molecule has 0 unspecified atom stereocenters. The molecule has 0 aliphatic rings. The second kappa shape index (κ2) is 6.52. The van der Waals surface area contributed by atoms with Crippen molar-refractivity contribution in [2.45, 2.75) is 20.5 Å². The summed E-state index contributed by atoms with van der Waals surface area (Å²) in [6.45, 7) is 4.07. The summed E-state index contributed by atoms with van der Waals surface area (Å²) in [6.07, 6.45) is -0.499. The Kier molecular flexibility index (Phi) is 5.00. The van der Waals surface area contributed by atoms with Crippen LogP contribution in [-0.2, 0) is 11.3 Å². The zero-order valence-electron chi connectivity index (χ0n) is 10.1. The third kappa shape index (κ3) is 4.55. The Bertz CT molecular complexity index is 386. The Hall–Kier alpha value is -2.04. The number of benzene rings is 1. The highest BCUT2D eigenvalue weighted by molar-refractivity contribution is 5.79. The summed E-state index contributed by atoms with van der Waals surface area (Å²) in [5, 5.41) is 5.05. The van der Waals surface area contributed by atoms with Gasteiger partial charge < -0.3 is 10.5 Å². The van der Waals surface area contributed by atoms with Gasteiger partial charge in [0.25, 0.3) is 0 Å². The minimum Gasteiger partial charge on any atom is -0.443 e. The summed E-state index contributed by atoms with van der Waals surface area (Å²) in [6, 6.07) is 9.47. The Balaban J connectivity index is 2.51. The fraction of sp³-hybridized carbons (Fsp3) is 0.333. The highest BCUT2D eigenvalue weighted by atomic mass is 16.6. The van der Waals surface area contributed by atoms with E-state index in [4.69, 9.17) is 10.5 Å². The number of amidine groups is 1. The first-order valence-electron chi connectivity index (χ1n) is 5.42. The zero-order valence-corrected chi connectivity index (χ0v) is 10.1. The predicted octanol–water partition coefficient (Wildman–Crippen LogP) is 1.94. The molecule has 0 spiro atoms. The van der Waals surface area contributed by atoms with Crippen molar-refractivity contribution in [2.24, 2.45) is 10.8 Å². The molecule has 0 saturated heterocycles. The van der Waals surface area contributed by atoms with Crippen molar-refractivity contribution in [1.82, 2.24) is 5.01 Å². The molecular formula is C12H17N3O2. The number of nitrogens with two attached hydrogens (primary N) is 1. The number of ether oxygens (including phenoxy) is 1. The molecule has 0 bridgehead atoms. The van der Waals surface area contributed by atoms with Gasteiger partial charge in [-0.2, -0.15) is 10.1 Å². The maximum absolute atomic E-state index is 11.6. The molecule has 1 rings (SSSR count). The first kappa shape index (κ1) is 13.0. The maximum atomic E-state index is 11.6. The van der Waals surface area contributed by atoms with Crippen molar-refractivity contribution >= 4 is 11.9 Å². The molecule has 1 aromatic carbocycles. The summed E-state index contributed by atoms with van der Waals surface area (Å²) in [4.78, 5) is 11.6. The molecule has 0 aromatic heterocycles. The van der Waals surface area contributed by atoms with Crippen molar-refractivity contribution in [3.63, 3.8) is 0 Å². The van der Waals surface area contributed by atoms with Crippen LogP contribution in [0.25, 0.3) is 0 Å². The van der Waals surface area contributed by atoms with Gasteiger partial charge >= 0.3 is 6.09 Å². The van der Waals surface area contributed by atoms with Crippen LogP contribution in [0.2, 0.25) is 0 Å². The van der Waals surface area contributed by atoms with E-state index in [0.717, 1.165) is 5.56 Å². The Labute approximate surface area is 101 Å². The third-order valence-corrected chi connectivity index (χ3v) is 1.99. The molecule has 1 amide bonds. The molecule has 0 aliphatic carbocycles. The van der Waals surface area contributed by atoms with Gasteiger partial charge in [0.1, 0.15) is 12.4 Å². The number of carbonyl (C=O) groups excluding carboxylic acids is 1. The average Bonchev–Trinajstić information content (AvgIpc) is 2.34. The van der Waals surface area contributed by atoms with E-state index in [9.17, 15) is 4.79 Å². The van der Waals surface area contributed by atoms with E-state index >= 15 is 0 Å². The zero-order chi connectivity index (χ0) is 12.7. The number of hydrazone groups is 1. The van der Waals surface area contributed by atoms with Crippen molar-refractivity contribution in [2.75, 3.05) is 6.54 Å². The van der Waals surface area contributed by atoms with Crippen molar-refractivity contribution < 1.29 is 9.53 Å². The first-order chi connectivity index (χ1) is 8.13. The van der Waals surface area contributed by atoms with Gasteiger partial charge in [0.05, 0.1) is 0 Å². The second-order valence-corrected chi connectivity index (χ2v) is 3.50. The number of carbonyl (C=O) groups is 1. The fourth-order valence-electron chi connectivity index (χ4n) is 1.22. The van der Waals surface area contributed by atoms with Gasteiger partial charge in [-0.25, -0.2) is 4.79 Å². The monoisotopic (exact) mass is 235 g/mol. The molecule has 0 radical (unpaired) electrons. The lowest BCUT2D eigenvalue weighted by atomic mass is 10.2. The molecule has 2 N–H and O–H groups in total. The Morgan fingerprint density at radius 1 is 1.41 bits per heavy atom. The van der Waals surface area contributed by atoms with Crippen LogP contribution in [0, 0.1) is 0 Å². The predicted molar refractivity (Wildman–Crippen MR) is 66.3 cm³/mol. The Morgan fingerprint density at radius 3 is 2.59 bits per heavy atom. The molecule has 5 heteroatoms. The quantitative estimate of drug-likeness (QED) is 0.492. The van der Waals surface area contributed by atoms with Gasteiger partial charge in [0, 0.05) is 6.54 Å². The number of hydrogen-bond donors (Lipinski definition) is 1. The molecule has 5 nitrogen and oxygen atoms in total. The number of hydrogen-bond acceptors (Lipinski definition) is 3. The summed E-state index contributed by atoms with van der Waals surface area (Å²) < 4.78 is 5.11. The summed E-state index contributed by atoms with van der Waals surface area (Å²) in [5.41, 5.74) is 6.35. The summed E-state index contributed by atoms with van der Waals surface area (Å²) in [5.74, 6) is 0.323. The van der Waals surface area contributed by atoms with Crippen molar-refractivity contribution in [1.29, 1.82) is 0 Å². The van der Waals surface area contributed by atoms with Gasteiger partial charge in [-0.3, -0.25) is 0 Å². The molecule has 0 atom stereocenters. The molecule has 0 saturated carbocycles. The summed E-state index contributed by atoms with van der Waals surface area (Å²) in [7, 11) is 0. The standard InChI is InChI=1S/C12H17N3O2/c1-3-15(14-10(2)13)12(16)17-9-11-7-5-4-6-8-11/h4-8H,3,9H2,1-2H3,(H2,13,14). The van der Waals surface area contributed by atoms with Crippen molar-refractivity contribution in [3.05, 3.63) is 35.9 Å². The highest BCUT2D eigenvalue weighted by Gasteiger charge is 2.11. The van der Waals surface area contributed by atoms with Crippen LogP contribution in [0.15, 0.2) is 35.4 Å². The lowest BCUT2D eigenvalue weighted by Crippen LogP contribution is -2.28. The van der Waals surface area contributed by atoms with E-state index < -0.39 is 6.09 Å². The van der Waals surface area contributed by atoms with E-state index in [1.54, 1.807) is 13.8 Å². The average molecular weight is 235 g/mol. The minimum atomic E-state index is -0.499. The third-order valence-electron chi connectivity index (χ3n) is 1.99. The van der Waals surface area contributed by atoms with E-state index in [0.29, 0.717) is 12.4 Å². The van der Waals surface area contributed by atoms with Crippen LogP contribution < -0.4 is 5.73 Å². The van der Waals surface area contributed by atoms with E-state index in [-0.39, 0.29) is 6.61 Å². The SMILES string of the molecule is CCN(/N=C(/C)N)C(=O)OCc1ccccc1. The molecule has 17 heavy (non-hydrogen) atoms. The van der Waals surface area contributed by atoms with Gasteiger partial charge in [0.2, 0.25) is 0 Å². The number of nitrogens with zero attached hydrogens (tertiary/aromatic N) is 2. The highest BCUT2D eigenvalue weighted by Crippen LogP contribution is 2.03. The molecule has 1 aromatic rings. The van der Waals surface area contributed by atoms with E-state index in [2.05, 4.69) is 5.10 Å². The molecule has 0 heterocycles. The molecule has 0 aliphatic heterocycles. The van der Waals surface area contributed by atoms with Crippen LogP contribution in [0.3, 0.4) is 0 Å². The van der Waals surface area contributed by atoms with Crippen LogP contribution in [0.4, 0.5) is 4.79 Å². The fourth-order valence-corrected chi connectivity index (χ4v) is 1.22. The molecule has 0 fully saturated rings. The number of rotatable bonds is 4. The minimum absolute atomic E-state index is 0.231. The van der Waals surface area contributed by atoms with Gasteiger partial charge in [-0.05, 0) is 19.4 Å². The number of amides is 1. The second-order valence-electron chi connectivity index (χ2n) is 3.50. The van der Waals surface area contributed by atoms with E-state index in [1.807, 2.05) is 30.3 Å². The van der Waals surface area contributed by atoms with Crippen LogP contribution >= 0.6 is 0 Å². The normalized spacial score (nSPS) is 11.1. The smallest absolute Gasteiger partial charge is 0.430 e. The maximum Gasteiger partial charge on any atom is 0.430 e. The van der Waals surface area contributed by atoms with Gasteiger partial charge in [0.15, 0.2) is 0 Å². The van der Waals surface area contributed by atoms with Gasteiger partial charge in [-0.1, -0.05) is 30.3 Å². The van der Waals surface area contributed by atoms with Gasteiger partial charge in [-0.15, -0.1) is 0 Å². The van der Waals surface area contributed by atoms with Crippen LogP contribution in [0.1, 0.15) is 19.4 Å². The Morgan fingerprint density at radius 2 is 2.06 bits per heavy atom.